The average molecular weight is 297 g/mol. The van der Waals surface area contributed by atoms with E-state index >= 15 is 0 Å². The van der Waals surface area contributed by atoms with Crippen molar-refractivity contribution in [3.8, 4) is 0 Å². The number of rotatable bonds is 9. The zero-order chi connectivity index (χ0) is 15.2. The number of nitrogens with zero attached hydrogens (tertiary/aromatic N) is 1. The van der Waals surface area contributed by atoms with E-state index in [1.165, 1.54) is 30.0 Å². The Morgan fingerprint density at radius 1 is 1.25 bits per heavy atom. The second kappa shape index (κ2) is 8.14. The molecular formula is C17H32N2S. The van der Waals surface area contributed by atoms with E-state index in [4.69, 9.17) is 4.98 Å². The van der Waals surface area contributed by atoms with Crippen molar-refractivity contribution < 1.29 is 0 Å². The fraction of sp³-hybridized carbons (Fsp3) is 0.824. The Kier molecular flexibility index (Phi) is 7.18. The molecule has 0 saturated carbocycles. The van der Waals surface area contributed by atoms with Gasteiger partial charge < -0.3 is 5.32 Å². The highest BCUT2D eigenvalue weighted by atomic mass is 32.1. The zero-order valence-corrected chi connectivity index (χ0v) is 14.9. The average Bonchev–Trinajstić information content (AvgIpc) is 2.93. The van der Waals surface area contributed by atoms with Gasteiger partial charge >= 0.3 is 0 Å². The van der Waals surface area contributed by atoms with Crippen LogP contribution < -0.4 is 5.32 Å². The third-order valence-corrected chi connectivity index (χ3v) is 5.30. The van der Waals surface area contributed by atoms with Crippen LogP contribution in [0.2, 0.25) is 0 Å². The van der Waals surface area contributed by atoms with Crippen LogP contribution in [0.15, 0.2) is 5.38 Å². The Morgan fingerprint density at radius 3 is 2.40 bits per heavy atom. The van der Waals surface area contributed by atoms with Crippen LogP contribution in [0.5, 0.6) is 0 Å². The predicted molar refractivity (Wildman–Crippen MR) is 90.5 cm³/mol. The van der Waals surface area contributed by atoms with Crippen molar-refractivity contribution in [2.24, 2.45) is 5.92 Å². The van der Waals surface area contributed by atoms with Crippen LogP contribution in [-0.4, -0.2) is 11.5 Å². The minimum absolute atomic E-state index is 0.0727. The summed E-state index contributed by atoms with van der Waals surface area (Å²) in [6.45, 7) is 14.7. The second-order valence-electron chi connectivity index (χ2n) is 6.31. The molecule has 3 heteroatoms. The SMILES string of the molecule is CCCNC(CC)(CC(C)CC)c1nc(C(C)C)cs1. The highest BCUT2D eigenvalue weighted by Crippen LogP contribution is 2.36. The summed E-state index contributed by atoms with van der Waals surface area (Å²) in [6, 6.07) is 0. The summed E-state index contributed by atoms with van der Waals surface area (Å²) in [6.07, 6.45) is 4.70. The number of hydrogen-bond acceptors (Lipinski definition) is 3. The van der Waals surface area contributed by atoms with Crippen LogP contribution in [0.1, 0.15) is 83.8 Å². The van der Waals surface area contributed by atoms with E-state index in [-0.39, 0.29) is 5.54 Å². The van der Waals surface area contributed by atoms with Crippen LogP contribution in [0.4, 0.5) is 0 Å². The quantitative estimate of drug-likeness (QED) is 0.668. The zero-order valence-electron chi connectivity index (χ0n) is 14.1. The number of aromatic nitrogens is 1. The molecule has 0 spiro atoms. The number of nitrogens with one attached hydrogen (secondary N) is 1. The van der Waals surface area contributed by atoms with Crippen molar-refractivity contribution >= 4 is 11.3 Å². The molecule has 20 heavy (non-hydrogen) atoms. The molecule has 116 valence electrons. The Balaban J connectivity index is 3.05. The first-order valence-corrected chi connectivity index (χ1v) is 9.07. The Hall–Kier alpha value is -0.410. The standard InChI is InChI=1S/C17H32N2S/c1-7-10-18-17(9-3,11-14(6)8-2)16-19-15(12-20-16)13(4)5/h12-14,18H,7-11H2,1-6H3. The summed E-state index contributed by atoms with van der Waals surface area (Å²) in [5.41, 5.74) is 1.31. The molecule has 0 aromatic carbocycles. The third kappa shape index (κ3) is 4.29. The molecule has 2 unspecified atom stereocenters. The van der Waals surface area contributed by atoms with Crippen molar-refractivity contribution in [1.29, 1.82) is 0 Å². The van der Waals surface area contributed by atoms with Gasteiger partial charge in [0.25, 0.3) is 0 Å². The summed E-state index contributed by atoms with van der Waals surface area (Å²) in [4.78, 5) is 4.95. The monoisotopic (exact) mass is 296 g/mol. The third-order valence-electron chi connectivity index (χ3n) is 4.23. The lowest BCUT2D eigenvalue weighted by molar-refractivity contribution is 0.249. The smallest absolute Gasteiger partial charge is 0.113 e. The Labute approximate surface area is 129 Å². The molecule has 2 nitrogen and oxygen atoms in total. The first-order valence-electron chi connectivity index (χ1n) is 8.19. The van der Waals surface area contributed by atoms with Crippen LogP contribution in [0.25, 0.3) is 0 Å². The maximum Gasteiger partial charge on any atom is 0.113 e. The molecule has 1 aromatic rings. The second-order valence-corrected chi connectivity index (χ2v) is 7.17. The topological polar surface area (TPSA) is 24.9 Å². The summed E-state index contributed by atoms with van der Waals surface area (Å²) in [7, 11) is 0. The summed E-state index contributed by atoms with van der Waals surface area (Å²) in [5.74, 6) is 1.25. The van der Waals surface area contributed by atoms with Crippen molar-refractivity contribution in [1.82, 2.24) is 10.3 Å². The molecule has 1 rings (SSSR count). The highest BCUT2D eigenvalue weighted by molar-refractivity contribution is 7.09. The molecule has 0 radical (unpaired) electrons. The van der Waals surface area contributed by atoms with Crippen molar-refractivity contribution in [3.63, 3.8) is 0 Å². The molecule has 0 aliphatic rings. The molecular weight excluding hydrogens is 264 g/mol. The fourth-order valence-corrected chi connectivity index (χ4v) is 3.77. The lowest BCUT2D eigenvalue weighted by Crippen LogP contribution is -2.43. The molecule has 0 fully saturated rings. The molecule has 2 atom stereocenters. The van der Waals surface area contributed by atoms with Gasteiger partial charge in [-0.1, -0.05) is 48.0 Å². The first kappa shape index (κ1) is 17.6. The molecule has 0 aliphatic heterocycles. The van der Waals surface area contributed by atoms with E-state index in [2.05, 4.69) is 52.2 Å². The summed E-state index contributed by atoms with van der Waals surface area (Å²) >= 11 is 1.84. The minimum Gasteiger partial charge on any atom is -0.305 e. The van der Waals surface area contributed by atoms with E-state index in [0.717, 1.165) is 18.9 Å². The molecule has 0 amide bonds. The van der Waals surface area contributed by atoms with Gasteiger partial charge in [0.05, 0.1) is 11.2 Å². The fourth-order valence-electron chi connectivity index (χ4n) is 2.53. The van der Waals surface area contributed by atoms with Crippen molar-refractivity contribution in [3.05, 3.63) is 16.1 Å². The summed E-state index contributed by atoms with van der Waals surface area (Å²) < 4.78 is 0. The van der Waals surface area contributed by atoms with E-state index < -0.39 is 0 Å². The molecule has 0 saturated heterocycles. The van der Waals surface area contributed by atoms with Gasteiger partial charge in [0, 0.05) is 5.38 Å². The van der Waals surface area contributed by atoms with Gasteiger partial charge in [0.15, 0.2) is 0 Å². The van der Waals surface area contributed by atoms with Crippen molar-refractivity contribution in [2.45, 2.75) is 78.7 Å². The largest absolute Gasteiger partial charge is 0.305 e. The van der Waals surface area contributed by atoms with Gasteiger partial charge in [-0.25, -0.2) is 4.98 Å². The lowest BCUT2D eigenvalue weighted by atomic mass is 9.85. The van der Waals surface area contributed by atoms with E-state index in [0.29, 0.717) is 5.92 Å². The normalized spacial score (nSPS) is 16.4. The first-order chi connectivity index (χ1) is 9.49. The van der Waals surface area contributed by atoms with E-state index in [1.807, 2.05) is 11.3 Å². The van der Waals surface area contributed by atoms with Gasteiger partial charge in [-0.3, -0.25) is 0 Å². The van der Waals surface area contributed by atoms with Crippen LogP contribution in [0, 0.1) is 5.92 Å². The van der Waals surface area contributed by atoms with Gasteiger partial charge in [-0.2, -0.15) is 0 Å². The highest BCUT2D eigenvalue weighted by Gasteiger charge is 2.34. The molecule has 1 heterocycles. The van der Waals surface area contributed by atoms with Gasteiger partial charge in [0.1, 0.15) is 5.01 Å². The lowest BCUT2D eigenvalue weighted by Gasteiger charge is -2.34. The molecule has 0 bridgehead atoms. The van der Waals surface area contributed by atoms with E-state index in [1.54, 1.807) is 0 Å². The van der Waals surface area contributed by atoms with Gasteiger partial charge in [0.2, 0.25) is 0 Å². The number of hydrogen-bond donors (Lipinski definition) is 1. The molecule has 0 aliphatic carbocycles. The molecule has 1 N–H and O–H groups in total. The maximum absolute atomic E-state index is 4.95. The Bertz CT molecular complexity index is 386. The van der Waals surface area contributed by atoms with Crippen LogP contribution in [0.3, 0.4) is 0 Å². The Morgan fingerprint density at radius 2 is 1.95 bits per heavy atom. The van der Waals surface area contributed by atoms with Crippen molar-refractivity contribution in [2.75, 3.05) is 6.54 Å². The van der Waals surface area contributed by atoms with E-state index in [9.17, 15) is 0 Å². The summed E-state index contributed by atoms with van der Waals surface area (Å²) in [5, 5.41) is 7.35. The minimum atomic E-state index is 0.0727. The van der Waals surface area contributed by atoms with Gasteiger partial charge in [-0.15, -0.1) is 11.3 Å². The van der Waals surface area contributed by atoms with Crippen LogP contribution in [-0.2, 0) is 5.54 Å². The predicted octanol–water partition coefficient (Wildman–Crippen LogP) is 5.31. The van der Waals surface area contributed by atoms with Gasteiger partial charge in [-0.05, 0) is 37.6 Å². The maximum atomic E-state index is 4.95. The van der Waals surface area contributed by atoms with Crippen LogP contribution >= 0.6 is 11.3 Å². The number of thiazole rings is 1. The molecule has 1 aromatic heterocycles.